The second-order valence-electron chi connectivity index (χ2n) is 11.2. The molecule has 2 heterocycles. The van der Waals surface area contributed by atoms with Gasteiger partial charge in [-0.1, -0.05) is 46.6 Å². The Balaban J connectivity index is 1.15. The molecule has 2 saturated carbocycles. The Labute approximate surface area is 266 Å². The minimum absolute atomic E-state index is 0.120. The molecule has 0 saturated heterocycles. The van der Waals surface area contributed by atoms with E-state index in [-0.39, 0.29) is 18.1 Å². The molecule has 1 N–H and O–H groups in total. The van der Waals surface area contributed by atoms with Gasteiger partial charge in [-0.05, 0) is 67.6 Å². The van der Waals surface area contributed by atoms with E-state index in [0.717, 1.165) is 40.3 Å². The van der Waals surface area contributed by atoms with Crippen molar-refractivity contribution < 1.29 is 23.9 Å². The summed E-state index contributed by atoms with van der Waals surface area (Å²) in [4.78, 5) is 16.3. The normalized spacial score (nSPS) is 19.1. The van der Waals surface area contributed by atoms with Crippen molar-refractivity contribution >= 4 is 50.7 Å². The highest BCUT2D eigenvalue weighted by atomic mass is 35.5. The molecule has 8 nitrogen and oxygen atoms in total. The Morgan fingerprint density at radius 1 is 1.20 bits per heavy atom. The maximum atomic E-state index is 11.6. The first kappa shape index (κ1) is 28.7. The van der Waals surface area contributed by atoms with Gasteiger partial charge in [0.15, 0.2) is 0 Å². The van der Waals surface area contributed by atoms with E-state index in [9.17, 15) is 15.2 Å². The standard InChI is InChI=1S/C33H25Cl2N3O5S/c1-16-4-3-5-23(34)27(16)28-20(30(43-38-28)17-6-7-17)14-42-19-8-9-21(24(35)12-19)33(15-36)13-22(33)31-37-29-25(41-2)10-18(32(39)40)11-26(29)44-31/h3-5,8-12,17,22H,6-7,13-14H2,1-2H3,(H,39,40). The first-order valence-electron chi connectivity index (χ1n) is 14.0. The van der Waals surface area contributed by atoms with Crippen LogP contribution in [0.4, 0.5) is 0 Å². The fourth-order valence-corrected chi connectivity index (χ4v) is 7.71. The summed E-state index contributed by atoms with van der Waals surface area (Å²) >= 11 is 14.7. The van der Waals surface area contributed by atoms with Gasteiger partial charge in [-0.25, -0.2) is 9.78 Å². The Kier molecular flexibility index (Phi) is 7.04. The number of aromatic carboxylic acids is 1. The summed E-state index contributed by atoms with van der Waals surface area (Å²) in [6.07, 6.45) is 2.63. The van der Waals surface area contributed by atoms with Crippen LogP contribution in [0.1, 0.15) is 68.9 Å². The Hall–Kier alpha value is -4.10. The summed E-state index contributed by atoms with van der Waals surface area (Å²) in [5.74, 6) is 0.857. The third-order valence-electron chi connectivity index (χ3n) is 8.43. The zero-order chi connectivity index (χ0) is 30.7. The van der Waals surface area contributed by atoms with Gasteiger partial charge in [0.05, 0.1) is 44.5 Å². The molecule has 2 aliphatic carbocycles. The summed E-state index contributed by atoms with van der Waals surface area (Å²) in [7, 11) is 1.48. The number of carbonyl (C=O) groups is 1. The summed E-state index contributed by atoms with van der Waals surface area (Å²) in [5.41, 5.74) is 3.94. The number of hydrogen-bond acceptors (Lipinski definition) is 8. The van der Waals surface area contributed by atoms with E-state index in [4.69, 9.17) is 42.2 Å². The molecule has 0 bridgehead atoms. The molecular formula is C33H25Cl2N3O5S. The number of nitriles is 1. The van der Waals surface area contributed by atoms with Crippen LogP contribution >= 0.6 is 34.5 Å². The molecule has 2 aliphatic rings. The molecule has 7 rings (SSSR count). The van der Waals surface area contributed by atoms with Crippen molar-refractivity contribution in [1.29, 1.82) is 5.26 Å². The van der Waals surface area contributed by atoms with Gasteiger partial charge in [0, 0.05) is 22.4 Å². The van der Waals surface area contributed by atoms with Crippen molar-refractivity contribution in [3.63, 3.8) is 0 Å². The molecule has 3 aromatic carbocycles. The predicted molar refractivity (Wildman–Crippen MR) is 167 cm³/mol. The van der Waals surface area contributed by atoms with Crippen LogP contribution in [0.2, 0.25) is 10.0 Å². The molecule has 2 atom stereocenters. The number of halogens is 2. The molecule has 0 radical (unpaired) electrons. The molecular weight excluding hydrogens is 621 g/mol. The number of thiazole rings is 1. The molecule has 44 heavy (non-hydrogen) atoms. The first-order valence-corrected chi connectivity index (χ1v) is 15.6. The number of rotatable bonds is 9. The summed E-state index contributed by atoms with van der Waals surface area (Å²) in [6.45, 7) is 2.22. The summed E-state index contributed by atoms with van der Waals surface area (Å²) in [5, 5.41) is 26.0. The van der Waals surface area contributed by atoms with E-state index >= 15 is 0 Å². The highest BCUT2D eigenvalue weighted by Gasteiger charge is 2.59. The van der Waals surface area contributed by atoms with E-state index in [2.05, 4.69) is 11.2 Å². The van der Waals surface area contributed by atoms with Crippen molar-refractivity contribution in [2.24, 2.45) is 0 Å². The molecule has 5 aromatic rings. The molecule has 2 unspecified atom stereocenters. The lowest BCUT2D eigenvalue weighted by Gasteiger charge is -2.14. The van der Waals surface area contributed by atoms with E-state index in [1.807, 2.05) is 37.3 Å². The minimum atomic E-state index is -1.05. The number of aromatic nitrogens is 2. The average Bonchev–Trinajstić information content (AvgIpc) is 3.90. The van der Waals surface area contributed by atoms with Gasteiger partial charge in [0.2, 0.25) is 0 Å². The minimum Gasteiger partial charge on any atom is -0.494 e. The van der Waals surface area contributed by atoms with Crippen molar-refractivity contribution in [1.82, 2.24) is 10.1 Å². The fraction of sp³-hybridized carbons (Fsp3) is 0.273. The van der Waals surface area contributed by atoms with E-state index in [1.54, 1.807) is 12.1 Å². The molecule has 2 fully saturated rings. The van der Waals surface area contributed by atoms with Crippen molar-refractivity contribution in [2.75, 3.05) is 7.11 Å². The second-order valence-corrected chi connectivity index (χ2v) is 13.1. The Morgan fingerprint density at radius 3 is 2.70 bits per heavy atom. The third-order valence-corrected chi connectivity index (χ3v) is 10.2. The van der Waals surface area contributed by atoms with Crippen molar-refractivity contribution in [2.45, 2.75) is 50.0 Å². The molecule has 11 heteroatoms. The molecule has 0 aliphatic heterocycles. The van der Waals surface area contributed by atoms with Crippen LogP contribution < -0.4 is 9.47 Å². The van der Waals surface area contributed by atoms with Gasteiger partial charge >= 0.3 is 5.97 Å². The Morgan fingerprint density at radius 2 is 2.02 bits per heavy atom. The summed E-state index contributed by atoms with van der Waals surface area (Å²) in [6, 6.07) is 16.7. The van der Waals surface area contributed by atoms with Crippen LogP contribution in [-0.2, 0) is 12.0 Å². The lowest BCUT2D eigenvalue weighted by atomic mass is 9.94. The first-order chi connectivity index (χ1) is 21.2. The number of fused-ring (bicyclic) bond motifs is 1. The van der Waals surface area contributed by atoms with Crippen molar-refractivity contribution in [3.8, 4) is 28.8 Å². The van der Waals surface area contributed by atoms with Gasteiger partial charge < -0.3 is 19.1 Å². The zero-order valence-electron chi connectivity index (χ0n) is 23.7. The topological polar surface area (TPSA) is 118 Å². The SMILES string of the molecule is COc1cc(C(=O)O)cc2sc(C3CC3(C#N)c3ccc(OCc4c(-c5c(C)cccc5Cl)noc4C4CC4)cc3Cl)nc12. The quantitative estimate of drug-likeness (QED) is 0.169. The number of methoxy groups -OCH3 is 1. The highest BCUT2D eigenvalue weighted by Crippen LogP contribution is 2.62. The smallest absolute Gasteiger partial charge is 0.335 e. The maximum absolute atomic E-state index is 11.6. The fourth-order valence-electron chi connectivity index (χ4n) is 5.85. The van der Waals surface area contributed by atoms with Crippen LogP contribution in [0.25, 0.3) is 21.5 Å². The van der Waals surface area contributed by atoms with Crippen LogP contribution in [0, 0.1) is 18.3 Å². The van der Waals surface area contributed by atoms with Gasteiger partial charge in [-0.3, -0.25) is 0 Å². The van der Waals surface area contributed by atoms with Crippen LogP contribution in [0.3, 0.4) is 0 Å². The second kappa shape index (κ2) is 10.8. The maximum Gasteiger partial charge on any atom is 0.335 e. The Bertz CT molecular complexity index is 1990. The van der Waals surface area contributed by atoms with E-state index < -0.39 is 11.4 Å². The predicted octanol–water partition coefficient (Wildman–Crippen LogP) is 8.68. The van der Waals surface area contributed by atoms with Crippen molar-refractivity contribution in [3.05, 3.63) is 91.6 Å². The van der Waals surface area contributed by atoms with Crippen LogP contribution in [0.15, 0.2) is 53.1 Å². The largest absolute Gasteiger partial charge is 0.494 e. The molecule has 0 amide bonds. The van der Waals surface area contributed by atoms with E-state index in [1.165, 1.54) is 24.5 Å². The average molecular weight is 647 g/mol. The number of ether oxygens (including phenoxy) is 2. The molecule has 0 spiro atoms. The van der Waals surface area contributed by atoms with Gasteiger partial charge in [-0.15, -0.1) is 11.3 Å². The zero-order valence-corrected chi connectivity index (χ0v) is 26.0. The number of carboxylic acids is 1. The number of carboxylic acid groups (broad SMARTS) is 1. The van der Waals surface area contributed by atoms with Gasteiger partial charge in [0.1, 0.15) is 35.1 Å². The van der Waals surface area contributed by atoms with Crippen LogP contribution in [0.5, 0.6) is 11.5 Å². The van der Waals surface area contributed by atoms with Gasteiger partial charge in [-0.2, -0.15) is 5.26 Å². The third kappa shape index (κ3) is 4.78. The van der Waals surface area contributed by atoms with Gasteiger partial charge in [0.25, 0.3) is 0 Å². The number of aryl methyl sites for hydroxylation is 1. The number of nitrogens with zero attached hydrogens (tertiary/aromatic N) is 3. The molecule has 222 valence electrons. The lowest BCUT2D eigenvalue weighted by molar-refractivity contribution is 0.0696. The highest BCUT2D eigenvalue weighted by molar-refractivity contribution is 7.18. The lowest BCUT2D eigenvalue weighted by Crippen LogP contribution is -2.08. The van der Waals surface area contributed by atoms with E-state index in [0.29, 0.717) is 55.4 Å². The molecule has 2 aromatic heterocycles. The van der Waals surface area contributed by atoms with Crippen LogP contribution in [-0.4, -0.2) is 28.3 Å². The number of benzene rings is 3. The monoisotopic (exact) mass is 645 g/mol. The number of hydrogen-bond donors (Lipinski definition) is 1. The summed E-state index contributed by atoms with van der Waals surface area (Å²) < 4.78 is 18.1.